The Labute approximate surface area is 192 Å². The van der Waals surface area contributed by atoms with Gasteiger partial charge in [0.1, 0.15) is 0 Å². The first-order valence-corrected chi connectivity index (χ1v) is 11.3. The summed E-state index contributed by atoms with van der Waals surface area (Å²) in [5.41, 5.74) is 4.54. The summed E-state index contributed by atoms with van der Waals surface area (Å²) >= 11 is 0. The van der Waals surface area contributed by atoms with Gasteiger partial charge in [0.15, 0.2) is 5.82 Å². The molecule has 1 aromatic carbocycles. The third-order valence-electron chi connectivity index (χ3n) is 6.56. The summed E-state index contributed by atoms with van der Waals surface area (Å²) < 4.78 is 0. The van der Waals surface area contributed by atoms with Gasteiger partial charge in [-0.25, -0.2) is 0 Å². The topological polar surface area (TPSA) is 99.8 Å². The van der Waals surface area contributed by atoms with Crippen LogP contribution in [0.5, 0.6) is 0 Å². The Morgan fingerprint density at radius 1 is 1.15 bits per heavy atom. The molecule has 0 bridgehead atoms. The van der Waals surface area contributed by atoms with Gasteiger partial charge in [0, 0.05) is 29.4 Å². The Balaban J connectivity index is 1.23. The maximum Gasteiger partial charge on any atom is 0.244 e. The standard InChI is InChI=1S/C26H27N5O2/c1-3-24(32)29-26(12-13-26)22-11-10-20(15-27-22)18-6-4-17(5-7-18)16(2)25(33)28-23-14-21(30-31-23)19-8-9-19/h3-7,10-11,14-16,19H,1,8-9,12-13H2,2H3,(H,29,32)(H2,28,30,31,33)/t16-/m0/s1. The van der Waals surface area contributed by atoms with E-state index in [0.29, 0.717) is 11.7 Å². The van der Waals surface area contributed by atoms with Crippen LogP contribution in [0.3, 0.4) is 0 Å². The molecule has 0 spiro atoms. The Hall–Kier alpha value is -3.74. The van der Waals surface area contributed by atoms with Gasteiger partial charge in [-0.3, -0.25) is 19.7 Å². The van der Waals surface area contributed by atoms with Crippen LogP contribution in [0.15, 0.2) is 61.3 Å². The van der Waals surface area contributed by atoms with E-state index in [2.05, 4.69) is 32.4 Å². The van der Waals surface area contributed by atoms with Gasteiger partial charge in [-0.15, -0.1) is 0 Å². The molecule has 1 atom stereocenters. The van der Waals surface area contributed by atoms with E-state index in [4.69, 9.17) is 0 Å². The first kappa shape index (κ1) is 21.1. The lowest BCUT2D eigenvalue weighted by molar-refractivity contribution is -0.118. The SMILES string of the molecule is C=CC(=O)NC1(c2ccc(-c3ccc([C@H](C)C(=O)Nc4cc(C5CC5)[nH]n4)cc3)cn2)CC1. The summed E-state index contributed by atoms with van der Waals surface area (Å²) in [4.78, 5) is 29.0. The van der Waals surface area contributed by atoms with Crippen molar-refractivity contribution in [3.05, 3.63) is 78.3 Å². The smallest absolute Gasteiger partial charge is 0.244 e. The molecule has 3 aromatic rings. The third-order valence-corrected chi connectivity index (χ3v) is 6.56. The predicted octanol–water partition coefficient (Wildman–Crippen LogP) is 4.38. The molecule has 2 aliphatic carbocycles. The van der Waals surface area contributed by atoms with Gasteiger partial charge < -0.3 is 10.6 Å². The van der Waals surface area contributed by atoms with E-state index in [-0.39, 0.29) is 23.3 Å². The van der Waals surface area contributed by atoms with Crippen LogP contribution in [0.4, 0.5) is 5.82 Å². The molecule has 0 unspecified atom stereocenters. The van der Waals surface area contributed by atoms with Crippen LogP contribution >= 0.6 is 0 Å². The van der Waals surface area contributed by atoms with Crippen LogP contribution < -0.4 is 10.6 Å². The van der Waals surface area contributed by atoms with Crippen molar-refractivity contribution >= 4 is 17.6 Å². The van der Waals surface area contributed by atoms with Crippen molar-refractivity contribution in [2.24, 2.45) is 0 Å². The fraction of sp³-hybridized carbons (Fsp3) is 0.308. The van der Waals surface area contributed by atoms with Gasteiger partial charge in [0.25, 0.3) is 0 Å². The second-order valence-corrected chi connectivity index (χ2v) is 9.02. The van der Waals surface area contributed by atoms with Crippen molar-refractivity contribution in [2.75, 3.05) is 5.32 Å². The summed E-state index contributed by atoms with van der Waals surface area (Å²) in [5, 5.41) is 13.1. The Morgan fingerprint density at radius 3 is 2.48 bits per heavy atom. The zero-order valence-electron chi connectivity index (χ0n) is 18.6. The number of aromatic nitrogens is 3. The highest BCUT2D eigenvalue weighted by Crippen LogP contribution is 2.44. The van der Waals surface area contributed by atoms with Crippen molar-refractivity contribution in [2.45, 2.75) is 50.0 Å². The van der Waals surface area contributed by atoms with Crippen molar-refractivity contribution < 1.29 is 9.59 Å². The fourth-order valence-electron chi connectivity index (χ4n) is 4.06. The van der Waals surface area contributed by atoms with Crippen LogP contribution in [0, 0.1) is 0 Å². The summed E-state index contributed by atoms with van der Waals surface area (Å²) in [5.74, 6) is 0.581. The van der Waals surface area contributed by atoms with Crippen molar-refractivity contribution in [1.82, 2.24) is 20.5 Å². The number of hydrogen-bond acceptors (Lipinski definition) is 4. The van der Waals surface area contributed by atoms with Gasteiger partial charge in [0.05, 0.1) is 17.2 Å². The third kappa shape index (κ3) is 4.44. The van der Waals surface area contributed by atoms with E-state index in [1.165, 1.54) is 18.9 Å². The average molecular weight is 442 g/mol. The maximum absolute atomic E-state index is 12.7. The number of aromatic amines is 1. The average Bonchev–Trinajstić information content (AvgIpc) is 3.78. The zero-order chi connectivity index (χ0) is 23.0. The Bertz CT molecular complexity index is 1190. The second-order valence-electron chi connectivity index (χ2n) is 9.02. The van der Waals surface area contributed by atoms with E-state index in [0.717, 1.165) is 40.9 Å². The molecule has 2 aliphatic rings. The summed E-state index contributed by atoms with van der Waals surface area (Å²) in [6.45, 7) is 5.41. The molecule has 33 heavy (non-hydrogen) atoms. The number of carbonyl (C=O) groups is 2. The fourth-order valence-corrected chi connectivity index (χ4v) is 4.06. The van der Waals surface area contributed by atoms with E-state index < -0.39 is 0 Å². The monoisotopic (exact) mass is 441 g/mol. The first-order chi connectivity index (χ1) is 16.0. The number of rotatable bonds is 8. The summed E-state index contributed by atoms with van der Waals surface area (Å²) in [6, 6.07) is 13.9. The number of carbonyl (C=O) groups excluding carboxylic acids is 2. The van der Waals surface area contributed by atoms with Crippen LogP contribution in [-0.4, -0.2) is 27.0 Å². The molecule has 7 heteroatoms. The minimum atomic E-state index is -0.357. The molecule has 0 saturated heterocycles. The molecule has 2 fully saturated rings. The molecule has 5 rings (SSSR count). The Kier molecular flexibility index (Phi) is 5.32. The molecule has 168 valence electrons. The molecule has 3 N–H and O–H groups in total. The van der Waals surface area contributed by atoms with E-state index in [1.54, 1.807) is 0 Å². The zero-order valence-corrected chi connectivity index (χ0v) is 18.6. The molecule has 2 aromatic heterocycles. The molecule has 0 aliphatic heterocycles. The van der Waals surface area contributed by atoms with E-state index in [9.17, 15) is 9.59 Å². The molecule has 0 radical (unpaired) electrons. The number of benzene rings is 1. The molecular formula is C26H27N5O2. The minimum absolute atomic E-state index is 0.0843. The highest BCUT2D eigenvalue weighted by molar-refractivity contribution is 5.95. The van der Waals surface area contributed by atoms with Gasteiger partial charge in [-0.1, -0.05) is 36.9 Å². The lowest BCUT2D eigenvalue weighted by Gasteiger charge is -2.16. The molecule has 2 saturated carbocycles. The molecule has 2 heterocycles. The summed E-state index contributed by atoms with van der Waals surface area (Å²) in [6.07, 6.45) is 7.25. The largest absolute Gasteiger partial charge is 0.341 e. The number of anilines is 1. The number of amides is 2. The number of nitrogens with one attached hydrogen (secondary N) is 3. The second kappa shape index (κ2) is 8.31. The van der Waals surface area contributed by atoms with Crippen LogP contribution in [0.2, 0.25) is 0 Å². The van der Waals surface area contributed by atoms with Gasteiger partial charge in [0.2, 0.25) is 11.8 Å². The first-order valence-electron chi connectivity index (χ1n) is 11.3. The lowest BCUT2D eigenvalue weighted by atomic mass is 9.97. The van der Waals surface area contributed by atoms with Crippen LogP contribution in [0.1, 0.15) is 61.4 Å². The van der Waals surface area contributed by atoms with Gasteiger partial charge in [-0.2, -0.15) is 5.10 Å². The molecule has 2 amide bonds. The van der Waals surface area contributed by atoms with Crippen molar-refractivity contribution in [1.29, 1.82) is 0 Å². The normalized spacial score (nSPS) is 17.1. The number of H-pyrrole nitrogens is 1. The number of nitrogens with zero attached hydrogens (tertiary/aromatic N) is 2. The van der Waals surface area contributed by atoms with Crippen molar-refractivity contribution in [3.8, 4) is 11.1 Å². The van der Waals surface area contributed by atoms with Crippen molar-refractivity contribution in [3.63, 3.8) is 0 Å². The van der Waals surface area contributed by atoms with Gasteiger partial charge >= 0.3 is 0 Å². The minimum Gasteiger partial charge on any atom is -0.341 e. The number of hydrogen-bond donors (Lipinski definition) is 3. The molecular weight excluding hydrogens is 414 g/mol. The quantitative estimate of drug-likeness (QED) is 0.452. The predicted molar refractivity (Wildman–Crippen MR) is 127 cm³/mol. The van der Waals surface area contributed by atoms with E-state index >= 15 is 0 Å². The van der Waals surface area contributed by atoms with E-state index in [1.807, 2.05) is 55.6 Å². The van der Waals surface area contributed by atoms with Crippen LogP contribution in [0.25, 0.3) is 11.1 Å². The summed E-state index contributed by atoms with van der Waals surface area (Å²) in [7, 11) is 0. The van der Waals surface area contributed by atoms with Gasteiger partial charge in [-0.05, 0) is 55.9 Å². The Morgan fingerprint density at radius 2 is 1.88 bits per heavy atom. The number of pyridine rings is 1. The highest BCUT2D eigenvalue weighted by Gasteiger charge is 2.46. The highest BCUT2D eigenvalue weighted by atomic mass is 16.2. The molecule has 7 nitrogen and oxygen atoms in total. The maximum atomic E-state index is 12.7. The lowest BCUT2D eigenvalue weighted by Crippen LogP contribution is -2.34. The van der Waals surface area contributed by atoms with Crippen LogP contribution in [-0.2, 0) is 15.1 Å².